The summed E-state index contributed by atoms with van der Waals surface area (Å²) in [7, 11) is -6.20. The van der Waals surface area contributed by atoms with Gasteiger partial charge in [-0.3, -0.25) is 4.79 Å². The molecule has 2 aromatic rings. The number of benzene rings is 2. The van der Waals surface area contributed by atoms with E-state index in [2.05, 4.69) is 10.0 Å². The number of aryl methyl sites for hydroxylation is 1. The Morgan fingerprint density at radius 3 is 2.17 bits per heavy atom. The molecule has 0 fully saturated rings. The number of ether oxygens (including phenoxy) is 1. The van der Waals surface area contributed by atoms with Crippen LogP contribution in [0.15, 0.2) is 52.3 Å². The van der Waals surface area contributed by atoms with Gasteiger partial charge in [-0.15, -0.1) is 0 Å². The fraction of sp³-hybridized carbons (Fsp3) is 0.278. The summed E-state index contributed by atoms with van der Waals surface area (Å²) in [5.74, 6) is 0.0255. The van der Waals surface area contributed by atoms with Crippen LogP contribution in [-0.4, -0.2) is 35.9 Å². The summed E-state index contributed by atoms with van der Waals surface area (Å²) < 4.78 is 54.9. The van der Waals surface area contributed by atoms with E-state index in [4.69, 9.17) is 9.88 Å². The van der Waals surface area contributed by atoms with E-state index in [0.717, 1.165) is 0 Å². The van der Waals surface area contributed by atoms with Crippen molar-refractivity contribution in [1.29, 1.82) is 0 Å². The fourth-order valence-electron chi connectivity index (χ4n) is 2.51. The van der Waals surface area contributed by atoms with Gasteiger partial charge in [-0.2, -0.15) is 4.72 Å². The van der Waals surface area contributed by atoms with Crippen LogP contribution >= 0.6 is 0 Å². The Labute approximate surface area is 170 Å². The molecule has 9 nitrogen and oxygen atoms in total. The van der Waals surface area contributed by atoms with E-state index >= 15 is 0 Å². The molecule has 1 amide bonds. The van der Waals surface area contributed by atoms with Crippen molar-refractivity contribution in [3.05, 3.63) is 53.6 Å². The van der Waals surface area contributed by atoms with E-state index in [9.17, 15) is 21.6 Å². The van der Waals surface area contributed by atoms with Gasteiger partial charge in [0.25, 0.3) is 0 Å². The predicted molar refractivity (Wildman–Crippen MR) is 107 cm³/mol. The summed E-state index contributed by atoms with van der Waals surface area (Å²) >= 11 is 0. The smallest absolute Gasteiger partial charge is 0.241 e. The van der Waals surface area contributed by atoms with Crippen LogP contribution in [0.25, 0.3) is 0 Å². The van der Waals surface area contributed by atoms with Gasteiger partial charge in [-0.05, 0) is 55.3 Å². The molecule has 11 heteroatoms. The standard InChI is InChI=1S/C18H23N3O6S2/c1-12-10-16(8-9-17(12)27-3)29(25,26)21-13(2)18(22)20-11-14-4-6-15(7-5-14)28(19,23)24/h4-10,13,21H,11H2,1-3H3,(H,20,22)(H2,19,23,24)/t13-/m0/s1. The van der Waals surface area contributed by atoms with Gasteiger partial charge in [0.05, 0.1) is 22.9 Å². The normalized spacial score (nSPS) is 13.0. The molecule has 0 aliphatic heterocycles. The van der Waals surface area contributed by atoms with Crippen LogP contribution in [0.3, 0.4) is 0 Å². The number of sulfonamides is 2. The lowest BCUT2D eigenvalue weighted by Crippen LogP contribution is -2.44. The highest BCUT2D eigenvalue weighted by Gasteiger charge is 2.22. The highest BCUT2D eigenvalue weighted by Crippen LogP contribution is 2.21. The van der Waals surface area contributed by atoms with E-state index in [1.807, 2.05) is 0 Å². The van der Waals surface area contributed by atoms with Gasteiger partial charge < -0.3 is 10.1 Å². The van der Waals surface area contributed by atoms with Crippen LogP contribution in [0.4, 0.5) is 0 Å². The summed E-state index contributed by atoms with van der Waals surface area (Å²) in [5, 5.41) is 7.63. The summed E-state index contributed by atoms with van der Waals surface area (Å²) in [6.07, 6.45) is 0. The molecule has 0 spiro atoms. The van der Waals surface area contributed by atoms with E-state index in [1.54, 1.807) is 13.0 Å². The number of methoxy groups -OCH3 is 1. The van der Waals surface area contributed by atoms with Crippen molar-refractivity contribution < 1.29 is 26.4 Å². The van der Waals surface area contributed by atoms with E-state index in [1.165, 1.54) is 50.4 Å². The summed E-state index contributed by atoms with van der Waals surface area (Å²) in [6, 6.07) is 9.05. The number of hydrogen-bond donors (Lipinski definition) is 3. The van der Waals surface area contributed by atoms with Crippen LogP contribution in [-0.2, 0) is 31.4 Å². The first-order valence-electron chi connectivity index (χ1n) is 8.50. The molecule has 158 valence electrons. The molecule has 0 aliphatic carbocycles. The lowest BCUT2D eigenvalue weighted by atomic mass is 10.2. The van der Waals surface area contributed by atoms with Crippen LogP contribution < -0.4 is 19.9 Å². The number of amides is 1. The molecule has 0 aromatic heterocycles. The van der Waals surface area contributed by atoms with Crippen molar-refractivity contribution in [2.75, 3.05) is 7.11 Å². The number of carbonyl (C=O) groups is 1. The topological polar surface area (TPSA) is 145 Å². The molecule has 0 unspecified atom stereocenters. The third-order valence-electron chi connectivity index (χ3n) is 4.12. The molecular weight excluding hydrogens is 418 g/mol. The average molecular weight is 442 g/mol. The van der Waals surface area contributed by atoms with E-state index < -0.39 is 32.0 Å². The number of hydrogen-bond acceptors (Lipinski definition) is 6. The van der Waals surface area contributed by atoms with Gasteiger partial charge in [-0.1, -0.05) is 12.1 Å². The van der Waals surface area contributed by atoms with Crippen LogP contribution in [0.1, 0.15) is 18.1 Å². The molecular formula is C18H23N3O6S2. The molecule has 0 radical (unpaired) electrons. The monoisotopic (exact) mass is 441 g/mol. The quantitative estimate of drug-likeness (QED) is 0.548. The molecule has 0 bridgehead atoms. The maximum atomic E-state index is 12.5. The predicted octanol–water partition coefficient (Wildman–Crippen LogP) is 0.634. The minimum absolute atomic E-state index is 0.0223. The average Bonchev–Trinajstić information content (AvgIpc) is 2.65. The molecule has 1 atom stereocenters. The van der Waals surface area contributed by atoms with Crippen molar-refractivity contribution in [1.82, 2.24) is 10.0 Å². The first-order chi connectivity index (χ1) is 13.4. The highest BCUT2D eigenvalue weighted by atomic mass is 32.2. The Morgan fingerprint density at radius 1 is 1.07 bits per heavy atom. The lowest BCUT2D eigenvalue weighted by molar-refractivity contribution is -0.122. The minimum atomic E-state index is -3.90. The third kappa shape index (κ3) is 6.00. The van der Waals surface area contributed by atoms with Crippen LogP contribution in [0.2, 0.25) is 0 Å². The lowest BCUT2D eigenvalue weighted by Gasteiger charge is -2.15. The Hall–Kier alpha value is -2.47. The highest BCUT2D eigenvalue weighted by molar-refractivity contribution is 7.89. The number of carbonyl (C=O) groups excluding carboxylic acids is 1. The van der Waals surface area contributed by atoms with Gasteiger partial charge in [0.2, 0.25) is 26.0 Å². The van der Waals surface area contributed by atoms with E-state index in [0.29, 0.717) is 16.9 Å². The Balaban J connectivity index is 2.00. The second kappa shape index (κ2) is 8.91. The van der Waals surface area contributed by atoms with Crippen molar-refractivity contribution >= 4 is 26.0 Å². The first kappa shape index (κ1) is 22.8. The maximum Gasteiger partial charge on any atom is 0.241 e. The molecule has 29 heavy (non-hydrogen) atoms. The second-order valence-corrected chi connectivity index (χ2v) is 9.66. The molecule has 2 aromatic carbocycles. The number of nitrogens with one attached hydrogen (secondary N) is 2. The van der Waals surface area contributed by atoms with Crippen molar-refractivity contribution in [2.45, 2.75) is 36.2 Å². The number of primary sulfonamides is 1. The zero-order valence-electron chi connectivity index (χ0n) is 16.2. The van der Waals surface area contributed by atoms with Gasteiger partial charge in [0.1, 0.15) is 5.75 Å². The van der Waals surface area contributed by atoms with Gasteiger partial charge >= 0.3 is 0 Å². The Morgan fingerprint density at radius 2 is 1.66 bits per heavy atom. The SMILES string of the molecule is COc1ccc(S(=O)(=O)N[C@@H](C)C(=O)NCc2ccc(S(N)(=O)=O)cc2)cc1C. The minimum Gasteiger partial charge on any atom is -0.496 e. The summed E-state index contributed by atoms with van der Waals surface area (Å²) in [5.41, 5.74) is 1.28. The molecule has 2 rings (SSSR count). The zero-order valence-corrected chi connectivity index (χ0v) is 17.8. The van der Waals surface area contributed by atoms with Crippen molar-refractivity contribution in [3.8, 4) is 5.75 Å². The Kier molecular flexibility index (Phi) is 7.01. The molecule has 0 aliphatic rings. The molecule has 4 N–H and O–H groups in total. The van der Waals surface area contributed by atoms with Crippen molar-refractivity contribution in [3.63, 3.8) is 0 Å². The van der Waals surface area contributed by atoms with Gasteiger partial charge in [0.15, 0.2) is 0 Å². The first-order valence-corrected chi connectivity index (χ1v) is 11.5. The van der Waals surface area contributed by atoms with Gasteiger partial charge in [0, 0.05) is 6.54 Å². The number of nitrogens with two attached hydrogens (primary N) is 1. The van der Waals surface area contributed by atoms with Gasteiger partial charge in [-0.25, -0.2) is 22.0 Å². The fourth-order valence-corrected chi connectivity index (χ4v) is 4.31. The Bertz CT molecular complexity index is 1100. The second-order valence-electron chi connectivity index (χ2n) is 6.38. The molecule has 0 heterocycles. The number of rotatable bonds is 8. The third-order valence-corrected chi connectivity index (χ3v) is 6.59. The van der Waals surface area contributed by atoms with E-state index in [-0.39, 0.29) is 16.3 Å². The molecule has 0 saturated heterocycles. The zero-order chi connectivity index (χ0) is 21.8. The van der Waals surface area contributed by atoms with Crippen molar-refractivity contribution in [2.24, 2.45) is 5.14 Å². The maximum absolute atomic E-state index is 12.5. The largest absolute Gasteiger partial charge is 0.496 e. The van der Waals surface area contributed by atoms with Crippen LogP contribution in [0.5, 0.6) is 5.75 Å². The van der Waals surface area contributed by atoms with Crippen LogP contribution in [0, 0.1) is 6.92 Å². The summed E-state index contributed by atoms with van der Waals surface area (Å²) in [6.45, 7) is 3.24. The molecule has 0 saturated carbocycles. The summed E-state index contributed by atoms with van der Waals surface area (Å²) in [4.78, 5) is 12.2.